The second-order valence-corrected chi connectivity index (χ2v) is 5.84. The standard InChI is InChI=1S/C16H20BrN3O/c1-5-8-18-15-11(3)16(20-12(4)19-15)21-13-6-7-14(17)10(2)9-13/h6-7,9H,5,8H2,1-4H3,(H,18,19,20). The van der Waals surface area contributed by atoms with Crippen molar-refractivity contribution in [3.05, 3.63) is 39.6 Å². The third-order valence-corrected chi connectivity index (χ3v) is 3.99. The second kappa shape index (κ2) is 6.89. The first-order valence-electron chi connectivity index (χ1n) is 7.04. The van der Waals surface area contributed by atoms with Gasteiger partial charge in [-0.2, -0.15) is 4.98 Å². The van der Waals surface area contributed by atoms with Crippen LogP contribution in [0, 0.1) is 20.8 Å². The second-order valence-electron chi connectivity index (χ2n) is 4.99. The Bertz CT molecular complexity index is 644. The number of halogens is 1. The smallest absolute Gasteiger partial charge is 0.227 e. The minimum Gasteiger partial charge on any atom is -0.439 e. The predicted molar refractivity (Wildman–Crippen MR) is 89.2 cm³/mol. The van der Waals surface area contributed by atoms with Gasteiger partial charge in [0.2, 0.25) is 5.88 Å². The molecule has 2 rings (SSSR count). The lowest BCUT2D eigenvalue weighted by Crippen LogP contribution is -2.07. The number of nitrogens with one attached hydrogen (secondary N) is 1. The van der Waals surface area contributed by atoms with Crippen molar-refractivity contribution in [1.82, 2.24) is 9.97 Å². The zero-order chi connectivity index (χ0) is 15.4. The summed E-state index contributed by atoms with van der Waals surface area (Å²) in [6.07, 6.45) is 1.05. The van der Waals surface area contributed by atoms with Crippen molar-refractivity contribution in [2.45, 2.75) is 34.1 Å². The van der Waals surface area contributed by atoms with Gasteiger partial charge in [-0.25, -0.2) is 4.98 Å². The summed E-state index contributed by atoms with van der Waals surface area (Å²) in [6.45, 7) is 8.88. The SMILES string of the molecule is CCCNc1nc(C)nc(Oc2ccc(Br)c(C)c2)c1C. The molecular formula is C16H20BrN3O. The van der Waals surface area contributed by atoms with Gasteiger partial charge < -0.3 is 10.1 Å². The van der Waals surface area contributed by atoms with E-state index in [0.29, 0.717) is 11.7 Å². The van der Waals surface area contributed by atoms with Gasteiger partial charge in [0.05, 0.1) is 5.56 Å². The molecule has 0 aliphatic heterocycles. The average Bonchev–Trinajstić information content (AvgIpc) is 2.45. The molecule has 112 valence electrons. The zero-order valence-corrected chi connectivity index (χ0v) is 14.4. The molecule has 0 saturated carbocycles. The van der Waals surface area contributed by atoms with E-state index in [1.165, 1.54) is 0 Å². The summed E-state index contributed by atoms with van der Waals surface area (Å²) < 4.78 is 7.00. The summed E-state index contributed by atoms with van der Waals surface area (Å²) in [6, 6.07) is 5.89. The van der Waals surface area contributed by atoms with Crippen LogP contribution in [0.4, 0.5) is 5.82 Å². The van der Waals surface area contributed by atoms with Crippen molar-refractivity contribution in [2.75, 3.05) is 11.9 Å². The monoisotopic (exact) mass is 349 g/mol. The van der Waals surface area contributed by atoms with Crippen molar-refractivity contribution in [2.24, 2.45) is 0 Å². The first kappa shape index (κ1) is 15.8. The number of ether oxygens (including phenoxy) is 1. The molecule has 2 aromatic rings. The highest BCUT2D eigenvalue weighted by Gasteiger charge is 2.11. The van der Waals surface area contributed by atoms with E-state index in [2.05, 4.69) is 38.1 Å². The molecule has 1 N–H and O–H groups in total. The molecule has 5 heteroatoms. The van der Waals surface area contributed by atoms with Gasteiger partial charge in [0.1, 0.15) is 17.4 Å². The molecule has 0 amide bonds. The molecule has 0 bridgehead atoms. The summed E-state index contributed by atoms with van der Waals surface area (Å²) in [7, 11) is 0. The van der Waals surface area contributed by atoms with Crippen LogP contribution >= 0.6 is 15.9 Å². The van der Waals surface area contributed by atoms with E-state index in [1.54, 1.807) is 0 Å². The molecule has 0 saturated heterocycles. The van der Waals surface area contributed by atoms with Gasteiger partial charge in [-0.15, -0.1) is 0 Å². The topological polar surface area (TPSA) is 47.0 Å². The summed E-state index contributed by atoms with van der Waals surface area (Å²) in [5.41, 5.74) is 2.05. The number of anilines is 1. The van der Waals surface area contributed by atoms with Crippen LogP contribution in [0.25, 0.3) is 0 Å². The lowest BCUT2D eigenvalue weighted by molar-refractivity contribution is 0.455. The van der Waals surface area contributed by atoms with Crippen LogP contribution in [-0.4, -0.2) is 16.5 Å². The van der Waals surface area contributed by atoms with E-state index in [1.807, 2.05) is 39.0 Å². The molecule has 0 atom stereocenters. The molecule has 0 radical (unpaired) electrons. The molecule has 0 aliphatic rings. The number of nitrogens with zero attached hydrogens (tertiary/aromatic N) is 2. The number of rotatable bonds is 5. The molecule has 1 aromatic heterocycles. The minimum atomic E-state index is 0.600. The van der Waals surface area contributed by atoms with Crippen LogP contribution in [0.2, 0.25) is 0 Å². The molecule has 0 spiro atoms. The van der Waals surface area contributed by atoms with E-state index in [-0.39, 0.29) is 0 Å². The normalized spacial score (nSPS) is 10.5. The molecule has 4 nitrogen and oxygen atoms in total. The minimum absolute atomic E-state index is 0.600. The first-order chi connectivity index (χ1) is 10.0. The molecule has 0 fully saturated rings. The van der Waals surface area contributed by atoms with E-state index >= 15 is 0 Å². The summed E-state index contributed by atoms with van der Waals surface area (Å²) in [4.78, 5) is 8.84. The highest BCUT2D eigenvalue weighted by molar-refractivity contribution is 9.10. The molecule has 1 aromatic carbocycles. The summed E-state index contributed by atoms with van der Waals surface area (Å²) in [5.74, 6) is 2.91. The van der Waals surface area contributed by atoms with Gasteiger partial charge in [-0.1, -0.05) is 22.9 Å². The summed E-state index contributed by atoms with van der Waals surface area (Å²) >= 11 is 3.49. The van der Waals surface area contributed by atoms with Crippen LogP contribution in [0.3, 0.4) is 0 Å². The van der Waals surface area contributed by atoms with E-state index < -0.39 is 0 Å². The van der Waals surface area contributed by atoms with Gasteiger partial charge in [0, 0.05) is 11.0 Å². The van der Waals surface area contributed by atoms with Crippen molar-refractivity contribution >= 4 is 21.7 Å². The maximum atomic E-state index is 5.93. The Morgan fingerprint density at radius 1 is 1.19 bits per heavy atom. The quantitative estimate of drug-likeness (QED) is 0.843. The Morgan fingerprint density at radius 2 is 1.95 bits per heavy atom. The van der Waals surface area contributed by atoms with Gasteiger partial charge in [0.25, 0.3) is 0 Å². The van der Waals surface area contributed by atoms with Crippen LogP contribution < -0.4 is 10.1 Å². The molecule has 1 heterocycles. The lowest BCUT2D eigenvalue weighted by Gasteiger charge is -2.13. The fourth-order valence-corrected chi connectivity index (χ4v) is 2.16. The van der Waals surface area contributed by atoms with Crippen molar-refractivity contribution in [3.63, 3.8) is 0 Å². The number of hydrogen-bond donors (Lipinski definition) is 1. The van der Waals surface area contributed by atoms with Crippen molar-refractivity contribution < 1.29 is 4.74 Å². The highest BCUT2D eigenvalue weighted by atomic mass is 79.9. The number of benzene rings is 1. The van der Waals surface area contributed by atoms with E-state index in [4.69, 9.17) is 4.74 Å². The van der Waals surface area contributed by atoms with Crippen LogP contribution in [0.5, 0.6) is 11.6 Å². The Kier molecular flexibility index (Phi) is 5.17. The molecule has 0 aliphatic carbocycles. The molecular weight excluding hydrogens is 330 g/mol. The largest absolute Gasteiger partial charge is 0.439 e. The van der Waals surface area contributed by atoms with Gasteiger partial charge in [-0.05, 0) is 51.0 Å². The highest BCUT2D eigenvalue weighted by Crippen LogP contribution is 2.29. The number of hydrogen-bond acceptors (Lipinski definition) is 4. The zero-order valence-electron chi connectivity index (χ0n) is 12.8. The summed E-state index contributed by atoms with van der Waals surface area (Å²) in [5, 5.41) is 3.31. The maximum absolute atomic E-state index is 5.93. The van der Waals surface area contributed by atoms with Gasteiger partial charge in [-0.3, -0.25) is 0 Å². The third-order valence-electron chi connectivity index (χ3n) is 3.10. The number of aryl methyl sites for hydroxylation is 2. The maximum Gasteiger partial charge on any atom is 0.227 e. The Labute approximate surface area is 134 Å². The number of aromatic nitrogens is 2. The molecule has 21 heavy (non-hydrogen) atoms. The van der Waals surface area contributed by atoms with Crippen LogP contribution in [0.1, 0.15) is 30.3 Å². The first-order valence-corrected chi connectivity index (χ1v) is 7.83. The van der Waals surface area contributed by atoms with Crippen molar-refractivity contribution in [1.29, 1.82) is 0 Å². The van der Waals surface area contributed by atoms with Crippen LogP contribution in [0.15, 0.2) is 22.7 Å². The Balaban J connectivity index is 2.30. The van der Waals surface area contributed by atoms with Crippen LogP contribution in [-0.2, 0) is 0 Å². The predicted octanol–water partition coefficient (Wildman–Crippen LogP) is 4.78. The average molecular weight is 350 g/mol. The van der Waals surface area contributed by atoms with E-state index in [0.717, 1.165) is 40.1 Å². The van der Waals surface area contributed by atoms with Gasteiger partial charge >= 0.3 is 0 Å². The molecule has 0 unspecified atom stereocenters. The van der Waals surface area contributed by atoms with Gasteiger partial charge in [0.15, 0.2) is 0 Å². The van der Waals surface area contributed by atoms with Crippen molar-refractivity contribution in [3.8, 4) is 11.6 Å². The fraction of sp³-hybridized carbons (Fsp3) is 0.375. The Hall–Kier alpha value is -1.62. The third kappa shape index (κ3) is 3.94. The Morgan fingerprint density at radius 3 is 2.62 bits per heavy atom. The van der Waals surface area contributed by atoms with E-state index in [9.17, 15) is 0 Å². The fourth-order valence-electron chi connectivity index (χ4n) is 1.91. The lowest BCUT2D eigenvalue weighted by atomic mass is 10.2.